The van der Waals surface area contributed by atoms with Gasteiger partial charge in [-0.3, -0.25) is 4.57 Å². The molecular weight excluding hydrogens is 339 g/mol. The van der Waals surface area contributed by atoms with Crippen molar-refractivity contribution in [3.8, 4) is 6.01 Å². The molecule has 7 nitrogen and oxygen atoms in total. The van der Waals surface area contributed by atoms with E-state index >= 15 is 0 Å². The molecule has 0 bridgehead atoms. The number of H-pyrrole nitrogens is 1. The fourth-order valence-electron chi connectivity index (χ4n) is 2.22. The summed E-state index contributed by atoms with van der Waals surface area (Å²) >= 11 is 0. The van der Waals surface area contributed by atoms with Gasteiger partial charge >= 0.3 is 17.9 Å². The maximum Gasteiger partial charge on any atom is 0.425 e. The molecule has 0 spiro atoms. The van der Waals surface area contributed by atoms with E-state index < -0.39 is 24.0 Å². The molecule has 10 heteroatoms. The Hall–Kier alpha value is -3.04. The summed E-state index contributed by atoms with van der Waals surface area (Å²) in [6.45, 7) is 1.00. The van der Waals surface area contributed by atoms with Gasteiger partial charge in [0.05, 0.1) is 6.54 Å². The van der Waals surface area contributed by atoms with Crippen LogP contribution in [0.1, 0.15) is 12.5 Å². The van der Waals surface area contributed by atoms with Crippen LogP contribution in [0, 0.1) is 0 Å². The molecule has 132 valence electrons. The second-order valence-corrected chi connectivity index (χ2v) is 5.39. The Balaban J connectivity index is 2.03. The van der Waals surface area contributed by atoms with Crippen LogP contribution in [0.2, 0.25) is 0 Å². The second-order valence-electron chi connectivity index (χ2n) is 5.39. The number of hydrogen-bond acceptors (Lipinski definition) is 5. The van der Waals surface area contributed by atoms with Crippen LogP contribution >= 0.6 is 0 Å². The summed E-state index contributed by atoms with van der Waals surface area (Å²) in [6, 6.07) is 8.50. The van der Waals surface area contributed by atoms with Crippen LogP contribution in [0.25, 0.3) is 11.2 Å². The van der Waals surface area contributed by atoms with E-state index in [1.165, 1.54) is 4.57 Å². The Morgan fingerprint density at radius 1 is 1.28 bits per heavy atom. The lowest BCUT2D eigenvalue weighted by Crippen LogP contribution is -2.31. The first-order valence-electron chi connectivity index (χ1n) is 7.29. The lowest BCUT2D eigenvalue weighted by atomic mass is 10.2. The molecule has 0 radical (unpaired) electrons. The number of fused-ring (bicyclic) bond motifs is 1. The van der Waals surface area contributed by atoms with Gasteiger partial charge in [0.25, 0.3) is 0 Å². The molecule has 1 unspecified atom stereocenters. The van der Waals surface area contributed by atoms with Crippen molar-refractivity contribution < 1.29 is 17.9 Å². The second kappa shape index (κ2) is 6.11. The smallest absolute Gasteiger partial charge is 0.425 e. The zero-order valence-corrected chi connectivity index (χ0v) is 13.0. The molecule has 2 heterocycles. The number of benzene rings is 1. The first-order chi connectivity index (χ1) is 11.8. The van der Waals surface area contributed by atoms with Crippen molar-refractivity contribution in [3.05, 3.63) is 46.4 Å². The maximum absolute atomic E-state index is 12.6. The van der Waals surface area contributed by atoms with Crippen LogP contribution in [0.15, 0.2) is 35.1 Å². The third kappa shape index (κ3) is 3.42. The number of anilines is 1. The van der Waals surface area contributed by atoms with Crippen molar-refractivity contribution >= 4 is 17.0 Å². The summed E-state index contributed by atoms with van der Waals surface area (Å²) in [4.78, 5) is 22.3. The van der Waals surface area contributed by atoms with Crippen molar-refractivity contribution in [1.29, 1.82) is 0 Å². The van der Waals surface area contributed by atoms with Gasteiger partial charge in [-0.25, -0.2) is 4.79 Å². The summed E-state index contributed by atoms with van der Waals surface area (Å²) < 4.78 is 43.9. The first kappa shape index (κ1) is 16.8. The molecule has 0 aliphatic rings. The number of rotatable bonds is 4. The first-order valence-corrected chi connectivity index (χ1v) is 7.29. The Kier molecular flexibility index (Phi) is 4.11. The van der Waals surface area contributed by atoms with Crippen LogP contribution in [-0.2, 0) is 6.54 Å². The monoisotopic (exact) mass is 353 g/mol. The molecule has 3 N–H and O–H groups in total. The van der Waals surface area contributed by atoms with Gasteiger partial charge in [-0.05, 0) is 12.5 Å². The quantitative estimate of drug-likeness (QED) is 0.748. The Morgan fingerprint density at radius 3 is 2.60 bits per heavy atom. The van der Waals surface area contributed by atoms with E-state index in [1.807, 2.05) is 6.07 Å². The molecule has 3 aromatic rings. The van der Waals surface area contributed by atoms with E-state index in [1.54, 1.807) is 24.3 Å². The van der Waals surface area contributed by atoms with Crippen molar-refractivity contribution in [2.75, 3.05) is 5.73 Å². The predicted molar refractivity (Wildman–Crippen MR) is 84.3 cm³/mol. The van der Waals surface area contributed by atoms with Crippen LogP contribution in [0.4, 0.5) is 19.0 Å². The lowest BCUT2D eigenvalue weighted by molar-refractivity contribution is -0.190. The number of nitrogen functional groups attached to an aromatic ring is 1. The average Bonchev–Trinajstić information content (AvgIpc) is 2.85. The number of imidazole rings is 1. The van der Waals surface area contributed by atoms with Crippen LogP contribution < -0.4 is 16.2 Å². The third-order valence-electron chi connectivity index (χ3n) is 3.56. The highest BCUT2D eigenvalue weighted by atomic mass is 19.4. The van der Waals surface area contributed by atoms with Crippen LogP contribution in [0.3, 0.4) is 0 Å². The van der Waals surface area contributed by atoms with Gasteiger partial charge in [0.2, 0.25) is 0 Å². The lowest BCUT2D eigenvalue weighted by Gasteiger charge is -2.16. The summed E-state index contributed by atoms with van der Waals surface area (Å²) in [5, 5.41) is 0. The minimum atomic E-state index is -4.57. The summed E-state index contributed by atoms with van der Waals surface area (Å²) in [5.74, 6) is -0.168. The minimum absolute atomic E-state index is 0.0747. The van der Waals surface area contributed by atoms with E-state index in [4.69, 9.17) is 10.5 Å². The average molecular weight is 353 g/mol. The highest BCUT2D eigenvalue weighted by molar-refractivity contribution is 5.81. The van der Waals surface area contributed by atoms with Gasteiger partial charge in [0.1, 0.15) is 5.52 Å². The van der Waals surface area contributed by atoms with Gasteiger partial charge in [-0.15, -0.1) is 0 Å². The van der Waals surface area contributed by atoms with Crippen LogP contribution in [-0.4, -0.2) is 31.8 Å². The SMILES string of the molecule is CC(Oc1nc(N)c2[nH]c(=O)n(Cc3ccccc3)c2n1)C(F)(F)F. The van der Waals surface area contributed by atoms with Gasteiger partial charge in [0.15, 0.2) is 17.6 Å². The largest absolute Gasteiger partial charge is 0.451 e. The van der Waals surface area contributed by atoms with E-state index in [0.29, 0.717) is 0 Å². The van der Waals surface area contributed by atoms with E-state index in [0.717, 1.165) is 12.5 Å². The number of nitrogens with zero attached hydrogens (tertiary/aromatic N) is 3. The van der Waals surface area contributed by atoms with Crippen molar-refractivity contribution in [3.63, 3.8) is 0 Å². The number of aromatic nitrogens is 4. The fraction of sp³-hybridized carbons (Fsp3) is 0.267. The molecule has 2 aromatic heterocycles. The number of hydrogen-bond donors (Lipinski definition) is 2. The standard InChI is InChI=1S/C15H14F3N5O2/c1-8(15(16,17)18)25-13-21-11(19)10-12(22-13)23(14(24)20-10)7-9-5-3-2-4-6-9/h2-6,8H,7H2,1H3,(H,20,24)(H2,19,21,22). The van der Waals surface area contributed by atoms with Gasteiger partial charge < -0.3 is 15.5 Å². The number of alkyl halides is 3. The molecule has 25 heavy (non-hydrogen) atoms. The number of nitrogens with two attached hydrogens (primary N) is 1. The molecule has 0 saturated carbocycles. The van der Waals surface area contributed by atoms with Crippen molar-refractivity contribution in [2.45, 2.75) is 25.7 Å². The molecule has 0 fully saturated rings. The van der Waals surface area contributed by atoms with E-state index in [-0.39, 0.29) is 23.5 Å². The molecule has 0 aliphatic carbocycles. The zero-order valence-electron chi connectivity index (χ0n) is 13.0. The van der Waals surface area contributed by atoms with Gasteiger partial charge in [-0.2, -0.15) is 23.1 Å². The number of ether oxygens (including phenoxy) is 1. The summed E-state index contributed by atoms with van der Waals surface area (Å²) in [7, 11) is 0. The maximum atomic E-state index is 12.6. The summed E-state index contributed by atoms with van der Waals surface area (Å²) in [5.41, 5.74) is 6.26. The molecule has 0 saturated heterocycles. The van der Waals surface area contributed by atoms with Crippen molar-refractivity contribution in [2.24, 2.45) is 0 Å². The number of aromatic amines is 1. The zero-order chi connectivity index (χ0) is 18.2. The molecule has 3 rings (SSSR count). The van der Waals surface area contributed by atoms with E-state index in [2.05, 4.69) is 15.0 Å². The Morgan fingerprint density at radius 2 is 1.96 bits per heavy atom. The molecule has 1 atom stereocenters. The van der Waals surface area contributed by atoms with Crippen LogP contribution in [0.5, 0.6) is 6.01 Å². The molecule has 0 amide bonds. The molecular formula is C15H14F3N5O2. The van der Waals surface area contributed by atoms with Gasteiger partial charge in [-0.1, -0.05) is 30.3 Å². The summed E-state index contributed by atoms with van der Waals surface area (Å²) in [6.07, 6.45) is -6.69. The number of nitrogens with one attached hydrogen (secondary N) is 1. The van der Waals surface area contributed by atoms with Gasteiger partial charge in [0, 0.05) is 0 Å². The molecule has 0 aliphatic heterocycles. The third-order valence-corrected chi connectivity index (χ3v) is 3.56. The Bertz CT molecular complexity index is 949. The Labute approximate surface area is 139 Å². The molecule has 1 aromatic carbocycles. The normalized spacial score (nSPS) is 13.1. The van der Waals surface area contributed by atoms with Crippen molar-refractivity contribution in [1.82, 2.24) is 19.5 Å². The predicted octanol–water partition coefficient (Wildman–Crippen LogP) is 2.08. The fourth-order valence-corrected chi connectivity index (χ4v) is 2.22. The highest BCUT2D eigenvalue weighted by Crippen LogP contribution is 2.25. The topological polar surface area (TPSA) is 98.8 Å². The minimum Gasteiger partial charge on any atom is -0.451 e. The highest BCUT2D eigenvalue weighted by Gasteiger charge is 2.38. The van der Waals surface area contributed by atoms with E-state index in [9.17, 15) is 18.0 Å². The number of halogens is 3.